The number of nitrogens with two attached hydrogens (primary N) is 1. The summed E-state index contributed by atoms with van der Waals surface area (Å²) >= 11 is 0. The molecular formula is C18H21F3N6O2. The van der Waals surface area contributed by atoms with E-state index in [2.05, 4.69) is 9.97 Å². The number of pyridine rings is 1. The van der Waals surface area contributed by atoms with Crippen molar-refractivity contribution in [3.05, 3.63) is 24.0 Å². The number of alkyl halides is 3. The predicted octanol–water partition coefficient (Wildman–Crippen LogP) is 1.81. The summed E-state index contributed by atoms with van der Waals surface area (Å²) in [4.78, 5) is 16.0. The third kappa shape index (κ3) is 4.35. The van der Waals surface area contributed by atoms with Crippen molar-refractivity contribution in [3.63, 3.8) is 0 Å². The van der Waals surface area contributed by atoms with Gasteiger partial charge in [0.2, 0.25) is 5.95 Å². The second-order valence-corrected chi connectivity index (χ2v) is 6.76. The quantitative estimate of drug-likeness (QED) is 0.820. The molecule has 8 nitrogen and oxygen atoms in total. The van der Waals surface area contributed by atoms with Crippen molar-refractivity contribution in [2.75, 3.05) is 68.1 Å². The molecular weight excluding hydrogens is 389 g/mol. The van der Waals surface area contributed by atoms with Gasteiger partial charge in [0.05, 0.1) is 26.4 Å². The van der Waals surface area contributed by atoms with Crippen molar-refractivity contribution in [3.8, 4) is 11.1 Å². The number of nitrogen functional groups attached to an aromatic ring is 1. The van der Waals surface area contributed by atoms with Crippen molar-refractivity contribution in [2.24, 2.45) is 0 Å². The molecule has 11 heteroatoms. The van der Waals surface area contributed by atoms with Crippen LogP contribution in [0.3, 0.4) is 0 Å². The Morgan fingerprint density at radius 1 is 0.862 bits per heavy atom. The van der Waals surface area contributed by atoms with Gasteiger partial charge >= 0.3 is 6.18 Å². The Labute approximate surface area is 165 Å². The molecule has 0 bridgehead atoms. The predicted molar refractivity (Wildman–Crippen MR) is 101 cm³/mol. The second-order valence-electron chi connectivity index (χ2n) is 6.76. The second kappa shape index (κ2) is 7.99. The van der Waals surface area contributed by atoms with Crippen molar-refractivity contribution in [1.82, 2.24) is 15.0 Å². The maximum atomic E-state index is 13.6. The zero-order chi connectivity index (χ0) is 20.4. The molecule has 0 aliphatic carbocycles. The van der Waals surface area contributed by atoms with E-state index >= 15 is 0 Å². The first-order chi connectivity index (χ1) is 13.9. The van der Waals surface area contributed by atoms with E-state index < -0.39 is 17.8 Å². The average Bonchev–Trinajstić information content (AvgIpc) is 2.74. The van der Waals surface area contributed by atoms with Crippen LogP contribution in [0.2, 0.25) is 0 Å². The minimum atomic E-state index is -4.66. The zero-order valence-electron chi connectivity index (χ0n) is 15.7. The summed E-state index contributed by atoms with van der Waals surface area (Å²) in [6.07, 6.45) is -3.54. The number of aromatic nitrogens is 3. The summed E-state index contributed by atoms with van der Waals surface area (Å²) < 4.78 is 51.6. The van der Waals surface area contributed by atoms with E-state index in [1.807, 2.05) is 9.80 Å². The van der Waals surface area contributed by atoms with Crippen LogP contribution in [0.25, 0.3) is 11.1 Å². The van der Waals surface area contributed by atoms with Gasteiger partial charge in [-0.2, -0.15) is 13.2 Å². The number of hydrogen-bond donors (Lipinski definition) is 1. The van der Waals surface area contributed by atoms with Crippen LogP contribution in [0, 0.1) is 0 Å². The lowest BCUT2D eigenvalue weighted by Gasteiger charge is -2.32. The van der Waals surface area contributed by atoms with E-state index in [4.69, 9.17) is 20.2 Å². The standard InChI is InChI=1S/C18H21F3N6O2/c19-18(20,21)16-13(11-23-17(22)25-16)12-9-14(26-1-5-28-6-2-26)24-15(10-12)27-3-7-29-8-4-27/h9-11H,1-8H2,(H2,22,23,25). The Morgan fingerprint density at radius 2 is 1.38 bits per heavy atom. The minimum Gasteiger partial charge on any atom is -0.378 e. The van der Waals surface area contributed by atoms with Crippen molar-refractivity contribution in [1.29, 1.82) is 0 Å². The highest BCUT2D eigenvalue weighted by molar-refractivity contribution is 5.73. The van der Waals surface area contributed by atoms with Crippen LogP contribution >= 0.6 is 0 Å². The molecule has 4 heterocycles. The highest BCUT2D eigenvalue weighted by atomic mass is 19.4. The Kier molecular flexibility index (Phi) is 5.41. The normalized spacial score (nSPS) is 18.2. The average molecular weight is 410 g/mol. The van der Waals surface area contributed by atoms with Gasteiger partial charge in [0.15, 0.2) is 5.69 Å². The molecule has 2 aliphatic heterocycles. The summed E-state index contributed by atoms with van der Waals surface area (Å²) in [6, 6.07) is 3.28. The number of ether oxygens (including phenoxy) is 2. The van der Waals surface area contributed by atoms with Gasteiger partial charge in [-0.1, -0.05) is 0 Å². The van der Waals surface area contributed by atoms with Gasteiger partial charge in [0.1, 0.15) is 11.6 Å². The fourth-order valence-electron chi connectivity index (χ4n) is 3.39. The summed E-state index contributed by atoms with van der Waals surface area (Å²) in [5.74, 6) is 0.770. The molecule has 0 spiro atoms. The zero-order valence-corrected chi connectivity index (χ0v) is 15.7. The minimum absolute atomic E-state index is 0.127. The largest absolute Gasteiger partial charge is 0.434 e. The number of hydrogen-bond acceptors (Lipinski definition) is 8. The molecule has 2 saturated heterocycles. The van der Waals surface area contributed by atoms with Gasteiger partial charge in [-0.05, 0) is 17.7 Å². The molecule has 0 atom stereocenters. The maximum Gasteiger partial charge on any atom is 0.434 e. The van der Waals surface area contributed by atoms with Crippen LogP contribution in [0.15, 0.2) is 18.3 Å². The van der Waals surface area contributed by atoms with Crippen LogP contribution in [0.1, 0.15) is 5.69 Å². The highest BCUT2D eigenvalue weighted by Gasteiger charge is 2.37. The van der Waals surface area contributed by atoms with E-state index in [9.17, 15) is 13.2 Å². The number of nitrogens with zero attached hydrogens (tertiary/aromatic N) is 5. The molecule has 2 N–H and O–H groups in total. The molecule has 2 aromatic rings. The van der Waals surface area contributed by atoms with Crippen LogP contribution in [0.5, 0.6) is 0 Å². The third-order valence-corrected chi connectivity index (χ3v) is 4.86. The van der Waals surface area contributed by atoms with E-state index in [1.165, 1.54) is 0 Å². The van der Waals surface area contributed by atoms with Gasteiger partial charge < -0.3 is 25.0 Å². The van der Waals surface area contributed by atoms with Gasteiger partial charge in [-0.25, -0.2) is 15.0 Å². The molecule has 29 heavy (non-hydrogen) atoms. The molecule has 2 aliphatic rings. The fourth-order valence-corrected chi connectivity index (χ4v) is 3.39. The van der Waals surface area contributed by atoms with Crippen LogP contribution in [-0.4, -0.2) is 67.6 Å². The van der Waals surface area contributed by atoms with Gasteiger partial charge in [0.25, 0.3) is 0 Å². The van der Waals surface area contributed by atoms with Crippen LogP contribution in [-0.2, 0) is 15.7 Å². The van der Waals surface area contributed by atoms with E-state index in [0.717, 1.165) is 6.20 Å². The molecule has 2 fully saturated rings. The van der Waals surface area contributed by atoms with E-state index in [0.29, 0.717) is 69.8 Å². The Hall–Kier alpha value is -2.66. The molecule has 2 aromatic heterocycles. The Morgan fingerprint density at radius 3 is 1.86 bits per heavy atom. The Balaban J connectivity index is 1.82. The highest BCUT2D eigenvalue weighted by Crippen LogP contribution is 2.37. The molecule has 0 aromatic carbocycles. The fraction of sp³-hybridized carbons (Fsp3) is 0.500. The van der Waals surface area contributed by atoms with Gasteiger partial charge in [-0.3, -0.25) is 0 Å². The Bertz CT molecular complexity index is 831. The lowest BCUT2D eigenvalue weighted by atomic mass is 10.1. The molecule has 156 valence electrons. The summed E-state index contributed by atoms with van der Waals surface area (Å²) in [5, 5.41) is 0. The third-order valence-electron chi connectivity index (χ3n) is 4.86. The summed E-state index contributed by atoms with van der Waals surface area (Å²) in [5.41, 5.74) is 4.57. The van der Waals surface area contributed by atoms with Crippen LogP contribution in [0.4, 0.5) is 30.8 Å². The maximum absolute atomic E-state index is 13.6. The number of morpholine rings is 2. The van der Waals surface area contributed by atoms with Crippen LogP contribution < -0.4 is 15.5 Å². The smallest absolute Gasteiger partial charge is 0.378 e. The summed E-state index contributed by atoms with van der Waals surface area (Å²) in [7, 11) is 0. The first-order valence-electron chi connectivity index (χ1n) is 9.29. The van der Waals surface area contributed by atoms with E-state index in [-0.39, 0.29) is 5.56 Å². The number of rotatable bonds is 3. The van der Waals surface area contributed by atoms with Crippen molar-refractivity contribution < 1.29 is 22.6 Å². The molecule has 0 radical (unpaired) electrons. The first-order valence-corrected chi connectivity index (χ1v) is 9.29. The monoisotopic (exact) mass is 410 g/mol. The molecule has 0 unspecified atom stereocenters. The van der Waals surface area contributed by atoms with Crippen molar-refractivity contribution >= 4 is 17.6 Å². The van der Waals surface area contributed by atoms with E-state index in [1.54, 1.807) is 12.1 Å². The number of halogens is 3. The SMILES string of the molecule is Nc1ncc(-c2cc(N3CCOCC3)nc(N3CCOCC3)c2)c(C(F)(F)F)n1. The van der Waals surface area contributed by atoms with Gasteiger partial charge in [-0.15, -0.1) is 0 Å². The molecule has 0 saturated carbocycles. The topological polar surface area (TPSA) is 89.6 Å². The number of anilines is 3. The van der Waals surface area contributed by atoms with Gasteiger partial charge in [0, 0.05) is 37.9 Å². The first kappa shape index (κ1) is 19.6. The lowest BCUT2D eigenvalue weighted by Crippen LogP contribution is -2.39. The molecule has 0 amide bonds. The summed E-state index contributed by atoms with van der Waals surface area (Å²) in [6.45, 7) is 4.61. The van der Waals surface area contributed by atoms with Crippen molar-refractivity contribution in [2.45, 2.75) is 6.18 Å². The lowest BCUT2D eigenvalue weighted by molar-refractivity contribution is -0.140. The molecule has 4 rings (SSSR count).